The van der Waals surface area contributed by atoms with Crippen LogP contribution in [-0.4, -0.2) is 25.5 Å². The summed E-state index contributed by atoms with van der Waals surface area (Å²) in [5, 5.41) is 2.42. The monoisotopic (exact) mass is 334 g/mol. The van der Waals surface area contributed by atoms with Crippen LogP contribution in [0.25, 0.3) is 0 Å². The molecule has 0 aliphatic heterocycles. The van der Waals surface area contributed by atoms with E-state index in [1.54, 1.807) is 18.2 Å². The SMILES string of the molecule is COC(=O)CNC(=O)c1cc(I)ccc1N. The molecule has 0 aliphatic carbocycles. The molecule has 1 aromatic carbocycles. The zero-order valence-electron chi connectivity index (χ0n) is 8.62. The van der Waals surface area contributed by atoms with Crippen LogP contribution in [0, 0.1) is 3.57 Å². The molecule has 1 amide bonds. The van der Waals surface area contributed by atoms with Crippen LogP contribution in [-0.2, 0) is 9.53 Å². The van der Waals surface area contributed by atoms with Crippen molar-refractivity contribution in [3.8, 4) is 0 Å². The van der Waals surface area contributed by atoms with E-state index in [2.05, 4.69) is 32.6 Å². The molecule has 0 heterocycles. The summed E-state index contributed by atoms with van der Waals surface area (Å²) in [4.78, 5) is 22.5. The number of nitrogen functional groups attached to an aromatic ring is 1. The van der Waals surface area contributed by atoms with Crippen molar-refractivity contribution in [3.63, 3.8) is 0 Å². The van der Waals surface area contributed by atoms with Gasteiger partial charge in [-0.1, -0.05) is 0 Å². The van der Waals surface area contributed by atoms with Crippen molar-refractivity contribution < 1.29 is 14.3 Å². The summed E-state index contributed by atoms with van der Waals surface area (Å²) in [7, 11) is 1.26. The summed E-state index contributed by atoms with van der Waals surface area (Å²) in [6.45, 7) is -0.166. The van der Waals surface area contributed by atoms with E-state index in [-0.39, 0.29) is 12.5 Å². The number of hydrogen-bond donors (Lipinski definition) is 2. The Hall–Kier alpha value is -1.31. The first-order chi connectivity index (χ1) is 7.54. The Labute approximate surface area is 106 Å². The van der Waals surface area contributed by atoms with E-state index >= 15 is 0 Å². The molecular weight excluding hydrogens is 323 g/mol. The van der Waals surface area contributed by atoms with Crippen molar-refractivity contribution in [3.05, 3.63) is 27.3 Å². The second-order valence-electron chi connectivity index (χ2n) is 2.99. The average Bonchev–Trinajstić information content (AvgIpc) is 2.28. The molecule has 1 aromatic rings. The Bertz CT molecular complexity index is 421. The van der Waals surface area contributed by atoms with Gasteiger partial charge in [-0.2, -0.15) is 0 Å². The number of hydrogen-bond acceptors (Lipinski definition) is 4. The lowest BCUT2D eigenvalue weighted by atomic mass is 10.1. The minimum atomic E-state index is -0.502. The number of ether oxygens (including phenoxy) is 1. The molecule has 86 valence electrons. The lowest BCUT2D eigenvalue weighted by Crippen LogP contribution is -2.30. The third kappa shape index (κ3) is 3.37. The normalized spacial score (nSPS) is 9.62. The zero-order chi connectivity index (χ0) is 12.1. The van der Waals surface area contributed by atoms with E-state index in [0.717, 1.165) is 3.57 Å². The van der Waals surface area contributed by atoms with Gasteiger partial charge in [0.15, 0.2) is 0 Å². The van der Waals surface area contributed by atoms with Gasteiger partial charge in [0.1, 0.15) is 6.54 Å². The minimum absolute atomic E-state index is 0.166. The van der Waals surface area contributed by atoms with E-state index in [9.17, 15) is 9.59 Å². The van der Waals surface area contributed by atoms with Crippen molar-refractivity contribution >= 4 is 40.2 Å². The highest BCUT2D eigenvalue weighted by molar-refractivity contribution is 14.1. The van der Waals surface area contributed by atoms with E-state index < -0.39 is 5.97 Å². The van der Waals surface area contributed by atoms with Crippen LogP contribution in [0.3, 0.4) is 0 Å². The molecule has 0 atom stereocenters. The van der Waals surface area contributed by atoms with Crippen LogP contribution in [0.15, 0.2) is 18.2 Å². The molecule has 0 saturated heterocycles. The number of amides is 1. The highest BCUT2D eigenvalue weighted by Crippen LogP contribution is 2.15. The standard InChI is InChI=1S/C10H11IN2O3/c1-16-9(14)5-13-10(15)7-4-6(11)2-3-8(7)12/h2-4H,5,12H2,1H3,(H,13,15). The van der Waals surface area contributed by atoms with Crippen molar-refractivity contribution in [2.75, 3.05) is 19.4 Å². The Morgan fingerprint density at radius 3 is 2.81 bits per heavy atom. The molecule has 0 unspecified atom stereocenters. The second kappa shape index (κ2) is 5.69. The largest absolute Gasteiger partial charge is 0.468 e. The first kappa shape index (κ1) is 12.8. The molecule has 0 aliphatic rings. The summed E-state index contributed by atoms with van der Waals surface area (Å²) in [5.74, 6) is -0.890. The number of esters is 1. The maximum absolute atomic E-state index is 11.6. The summed E-state index contributed by atoms with van der Waals surface area (Å²) >= 11 is 2.08. The fraction of sp³-hybridized carbons (Fsp3) is 0.200. The van der Waals surface area contributed by atoms with Gasteiger partial charge in [-0.15, -0.1) is 0 Å². The number of carbonyl (C=O) groups excluding carboxylic acids is 2. The fourth-order valence-electron chi connectivity index (χ4n) is 1.04. The Balaban J connectivity index is 2.73. The molecule has 0 spiro atoms. The third-order valence-corrected chi connectivity index (χ3v) is 2.55. The summed E-state index contributed by atoms with van der Waals surface area (Å²) < 4.78 is 5.30. The Morgan fingerprint density at radius 2 is 2.19 bits per heavy atom. The maximum Gasteiger partial charge on any atom is 0.325 e. The van der Waals surface area contributed by atoms with Crippen molar-refractivity contribution in [1.82, 2.24) is 5.32 Å². The van der Waals surface area contributed by atoms with Gasteiger partial charge in [-0.3, -0.25) is 9.59 Å². The number of benzene rings is 1. The number of rotatable bonds is 3. The smallest absolute Gasteiger partial charge is 0.325 e. The molecule has 0 saturated carbocycles. The second-order valence-corrected chi connectivity index (χ2v) is 4.24. The van der Waals surface area contributed by atoms with Crippen molar-refractivity contribution in [2.45, 2.75) is 0 Å². The van der Waals surface area contributed by atoms with Crippen molar-refractivity contribution in [1.29, 1.82) is 0 Å². The number of anilines is 1. The number of halogens is 1. The van der Waals surface area contributed by atoms with Gasteiger partial charge in [0.2, 0.25) is 0 Å². The number of nitrogens with two attached hydrogens (primary N) is 1. The molecule has 0 aromatic heterocycles. The van der Waals surface area contributed by atoms with E-state index in [1.165, 1.54) is 7.11 Å². The molecule has 1 rings (SSSR count). The van der Waals surface area contributed by atoms with Gasteiger partial charge in [-0.05, 0) is 40.8 Å². The molecule has 16 heavy (non-hydrogen) atoms. The maximum atomic E-state index is 11.6. The predicted octanol–water partition coefficient (Wildman–Crippen LogP) is 0.776. The predicted molar refractivity (Wildman–Crippen MR) is 67.9 cm³/mol. The average molecular weight is 334 g/mol. The van der Waals surface area contributed by atoms with Crippen LogP contribution < -0.4 is 11.1 Å². The summed E-state index contributed by atoms with van der Waals surface area (Å²) in [6.07, 6.45) is 0. The number of carbonyl (C=O) groups is 2. The molecule has 6 heteroatoms. The molecule has 0 radical (unpaired) electrons. The first-order valence-electron chi connectivity index (χ1n) is 4.44. The van der Waals surface area contributed by atoms with Crippen LogP contribution in [0.2, 0.25) is 0 Å². The van der Waals surface area contributed by atoms with Gasteiger partial charge in [-0.25, -0.2) is 0 Å². The summed E-state index contributed by atoms with van der Waals surface area (Å²) in [6, 6.07) is 5.10. The lowest BCUT2D eigenvalue weighted by molar-refractivity contribution is -0.139. The number of nitrogens with one attached hydrogen (secondary N) is 1. The molecule has 0 bridgehead atoms. The lowest BCUT2D eigenvalue weighted by Gasteiger charge is -2.06. The fourth-order valence-corrected chi connectivity index (χ4v) is 1.54. The van der Waals surface area contributed by atoms with Crippen LogP contribution >= 0.6 is 22.6 Å². The quantitative estimate of drug-likeness (QED) is 0.486. The van der Waals surface area contributed by atoms with E-state index in [4.69, 9.17) is 5.73 Å². The van der Waals surface area contributed by atoms with Gasteiger partial charge in [0.05, 0.1) is 12.7 Å². The van der Waals surface area contributed by atoms with Gasteiger partial charge in [0, 0.05) is 9.26 Å². The van der Waals surface area contributed by atoms with Crippen molar-refractivity contribution in [2.24, 2.45) is 0 Å². The van der Waals surface area contributed by atoms with Crippen LogP contribution in [0.1, 0.15) is 10.4 Å². The minimum Gasteiger partial charge on any atom is -0.468 e. The molecule has 3 N–H and O–H groups in total. The number of methoxy groups -OCH3 is 1. The summed E-state index contributed by atoms with van der Waals surface area (Å²) in [5.41, 5.74) is 6.38. The highest BCUT2D eigenvalue weighted by Gasteiger charge is 2.11. The topological polar surface area (TPSA) is 81.4 Å². The highest BCUT2D eigenvalue weighted by atomic mass is 127. The first-order valence-corrected chi connectivity index (χ1v) is 5.52. The Kier molecular flexibility index (Phi) is 4.53. The Morgan fingerprint density at radius 1 is 1.50 bits per heavy atom. The zero-order valence-corrected chi connectivity index (χ0v) is 10.8. The molecular formula is C10H11IN2O3. The molecule has 0 fully saturated rings. The van der Waals surface area contributed by atoms with E-state index in [0.29, 0.717) is 11.3 Å². The van der Waals surface area contributed by atoms with Gasteiger partial charge >= 0.3 is 5.97 Å². The van der Waals surface area contributed by atoms with Gasteiger partial charge in [0.25, 0.3) is 5.91 Å². The van der Waals surface area contributed by atoms with Gasteiger partial charge < -0.3 is 15.8 Å². The third-order valence-electron chi connectivity index (χ3n) is 1.88. The van der Waals surface area contributed by atoms with Crippen LogP contribution in [0.5, 0.6) is 0 Å². The molecule has 5 nitrogen and oxygen atoms in total. The van der Waals surface area contributed by atoms with Crippen LogP contribution in [0.4, 0.5) is 5.69 Å². The van der Waals surface area contributed by atoms with E-state index in [1.807, 2.05) is 0 Å².